The molecule has 0 fully saturated rings. The first-order chi connectivity index (χ1) is 5.61. The van der Waals surface area contributed by atoms with Crippen LogP contribution in [0.25, 0.3) is 0 Å². The summed E-state index contributed by atoms with van der Waals surface area (Å²) in [6, 6.07) is 6.26. The highest BCUT2D eigenvalue weighted by atomic mass is 35.5. The second-order valence-electron chi connectivity index (χ2n) is 2.44. The molecule has 65 valence electrons. The van der Waals surface area contributed by atoms with Crippen molar-refractivity contribution in [2.45, 2.75) is 12.7 Å². The Labute approximate surface area is 78.1 Å². The Bertz CT molecular complexity index is 350. The summed E-state index contributed by atoms with van der Waals surface area (Å²) in [6.07, 6.45) is 0. The van der Waals surface area contributed by atoms with Crippen LogP contribution in [0.4, 0.5) is 0 Å². The first-order valence-electron chi connectivity index (χ1n) is 3.38. The molecule has 1 rings (SSSR count). The minimum absolute atomic E-state index is 0.0319. The molecular weight excluding hydrogens is 196 g/mol. The first kappa shape index (κ1) is 9.55. The van der Waals surface area contributed by atoms with Gasteiger partial charge in [0.2, 0.25) is 0 Å². The monoisotopic (exact) mass is 203 g/mol. The van der Waals surface area contributed by atoms with Gasteiger partial charge in [-0.15, -0.1) is 0 Å². The second-order valence-corrected chi connectivity index (χ2v) is 3.80. The molecule has 0 aliphatic carbocycles. The van der Waals surface area contributed by atoms with Crippen LogP contribution < -0.4 is 0 Å². The highest BCUT2D eigenvalue weighted by molar-refractivity contribution is 7.71. The zero-order valence-electron chi connectivity index (χ0n) is 6.50. The molecule has 2 nitrogen and oxygen atoms in total. The summed E-state index contributed by atoms with van der Waals surface area (Å²) in [5, 5.41) is 0.497. The number of halogens is 1. The van der Waals surface area contributed by atoms with E-state index in [9.17, 15) is 8.42 Å². The summed E-state index contributed by atoms with van der Waals surface area (Å²) in [7, 11) is -2.42. The lowest BCUT2D eigenvalue weighted by atomic mass is 10.2. The average Bonchev–Trinajstić information content (AvgIpc) is 1.98. The minimum atomic E-state index is -2.42. The summed E-state index contributed by atoms with van der Waals surface area (Å²) in [5.41, 5.74) is 1.43. The Morgan fingerprint density at radius 2 is 2.25 bits per heavy atom. The van der Waals surface area contributed by atoms with E-state index in [2.05, 4.69) is 6.07 Å². The van der Waals surface area contributed by atoms with Crippen molar-refractivity contribution in [1.82, 2.24) is 0 Å². The summed E-state index contributed by atoms with van der Waals surface area (Å²) >= 11 is 5.84. The molecule has 0 saturated carbocycles. The minimum Gasteiger partial charge on any atom is -0.232 e. The van der Waals surface area contributed by atoms with E-state index in [1.807, 2.05) is 6.92 Å². The van der Waals surface area contributed by atoms with E-state index in [1.165, 1.54) is 0 Å². The molecular formula is C8H8ClO2S. The van der Waals surface area contributed by atoms with Crippen molar-refractivity contribution in [1.29, 1.82) is 0 Å². The van der Waals surface area contributed by atoms with E-state index in [4.69, 9.17) is 11.6 Å². The molecule has 0 atom stereocenters. The third-order valence-corrected chi connectivity index (χ3v) is 2.59. The highest BCUT2D eigenvalue weighted by Crippen LogP contribution is 2.19. The molecule has 4 heteroatoms. The predicted molar refractivity (Wildman–Crippen MR) is 49.0 cm³/mol. The summed E-state index contributed by atoms with van der Waals surface area (Å²) in [6.45, 7) is 1.83. The van der Waals surface area contributed by atoms with Gasteiger partial charge in [0.1, 0.15) is 10.7 Å². The van der Waals surface area contributed by atoms with Crippen LogP contribution in [-0.2, 0) is 16.5 Å². The number of hydrogen-bond acceptors (Lipinski definition) is 2. The molecule has 0 aliphatic heterocycles. The van der Waals surface area contributed by atoms with Crippen molar-refractivity contribution in [3.05, 3.63) is 34.3 Å². The molecule has 1 radical (unpaired) electrons. The van der Waals surface area contributed by atoms with Crippen molar-refractivity contribution < 1.29 is 8.42 Å². The normalized spacial score (nSPS) is 10.6. The van der Waals surface area contributed by atoms with E-state index < -0.39 is 10.7 Å². The fourth-order valence-corrected chi connectivity index (χ4v) is 1.67. The molecule has 0 unspecified atom stereocenters. The van der Waals surface area contributed by atoms with Crippen LogP contribution >= 0.6 is 11.6 Å². The van der Waals surface area contributed by atoms with Crippen molar-refractivity contribution in [3.63, 3.8) is 0 Å². The largest absolute Gasteiger partial charge is 0.232 e. The lowest BCUT2D eigenvalue weighted by molar-refractivity contribution is 0.614. The maximum Gasteiger partial charge on any atom is 0.144 e. The molecule has 0 aliphatic rings. The molecule has 0 spiro atoms. The van der Waals surface area contributed by atoms with Crippen LogP contribution in [0.5, 0.6) is 0 Å². The van der Waals surface area contributed by atoms with E-state index in [1.54, 1.807) is 12.1 Å². The molecule has 12 heavy (non-hydrogen) atoms. The van der Waals surface area contributed by atoms with Gasteiger partial charge >= 0.3 is 0 Å². The summed E-state index contributed by atoms with van der Waals surface area (Å²) < 4.78 is 20.8. The number of benzene rings is 1. The van der Waals surface area contributed by atoms with Gasteiger partial charge in [0.25, 0.3) is 0 Å². The Morgan fingerprint density at radius 1 is 1.58 bits per heavy atom. The van der Waals surface area contributed by atoms with Crippen molar-refractivity contribution in [3.8, 4) is 0 Å². The Hall–Kier alpha value is -0.540. The van der Waals surface area contributed by atoms with Crippen LogP contribution in [0.1, 0.15) is 11.1 Å². The fourth-order valence-electron chi connectivity index (χ4n) is 0.886. The smallest absolute Gasteiger partial charge is 0.144 e. The molecule has 0 aromatic heterocycles. The zero-order chi connectivity index (χ0) is 9.14. The number of hydrogen-bond donors (Lipinski definition) is 1. The third-order valence-electron chi connectivity index (χ3n) is 1.49. The van der Waals surface area contributed by atoms with Gasteiger partial charge < -0.3 is 0 Å². The Kier molecular flexibility index (Phi) is 3.12. The van der Waals surface area contributed by atoms with Crippen LogP contribution in [0.3, 0.4) is 0 Å². The standard InChI is InChI=1S/C8H8ClO2S/c1-6-3-2-4-7(8(6)9)5-12(10)11/h2-3,12H,5H2,1H3. The van der Waals surface area contributed by atoms with Gasteiger partial charge in [-0.3, -0.25) is 0 Å². The highest BCUT2D eigenvalue weighted by Gasteiger charge is 2.03. The van der Waals surface area contributed by atoms with E-state index in [-0.39, 0.29) is 5.75 Å². The topological polar surface area (TPSA) is 34.1 Å². The van der Waals surface area contributed by atoms with Gasteiger partial charge in [0.15, 0.2) is 0 Å². The summed E-state index contributed by atoms with van der Waals surface area (Å²) in [5.74, 6) is -0.0319. The Balaban J connectivity index is 3.08. The molecule has 0 bridgehead atoms. The molecule has 0 amide bonds. The second kappa shape index (κ2) is 3.92. The average molecular weight is 204 g/mol. The van der Waals surface area contributed by atoms with Crippen molar-refractivity contribution >= 4 is 22.3 Å². The number of thiol groups is 1. The quantitative estimate of drug-likeness (QED) is 0.741. The molecule has 1 aromatic carbocycles. The van der Waals surface area contributed by atoms with E-state index in [0.29, 0.717) is 10.6 Å². The molecule has 1 aromatic rings. The number of rotatable bonds is 2. The van der Waals surface area contributed by atoms with Crippen LogP contribution in [0.15, 0.2) is 12.1 Å². The SMILES string of the molecule is Cc1cc[c]c(C[SH](=O)=O)c1Cl. The van der Waals surface area contributed by atoms with E-state index in [0.717, 1.165) is 5.56 Å². The van der Waals surface area contributed by atoms with Crippen molar-refractivity contribution in [2.24, 2.45) is 0 Å². The lowest BCUT2D eigenvalue weighted by Gasteiger charge is -2.01. The molecule has 0 heterocycles. The molecule has 0 saturated heterocycles. The lowest BCUT2D eigenvalue weighted by Crippen LogP contribution is -1.90. The maximum atomic E-state index is 10.4. The van der Waals surface area contributed by atoms with Crippen LogP contribution in [0.2, 0.25) is 5.02 Å². The third kappa shape index (κ3) is 2.22. The maximum absolute atomic E-state index is 10.4. The van der Waals surface area contributed by atoms with Crippen LogP contribution in [-0.4, -0.2) is 8.42 Å². The van der Waals surface area contributed by atoms with E-state index >= 15 is 0 Å². The first-order valence-corrected chi connectivity index (χ1v) is 5.13. The van der Waals surface area contributed by atoms with Gasteiger partial charge in [-0.25, -0.2) is 8.42 Å². The van der Waals surface area contributed by atoms with Gasteiger partial charge in [0.05, 0.1) is 5.75 Å². The number of aryl methyl sites for hydroxylation is 1. The van der Waals surface area contributed by atoms with Crippen molar-refractivity contribution in [2.75, 3.05) is 0 Å². The van der Waals surface area contributed by atoms with Crippen LogP contribution in [0, 0.1) is 13.0 Å². The molecule has 0 N–H and O–H groups in total. The van der Waals surface area contributed by atoms with Gasteiger partial charge in [-0.05, 0) is 24.1 Å². The summed E-state index contributed by atoms with van der Waals surface area (Å²) in [4.78, 5) is 0. The van der Waals surface area contributed by atoms with Gasteiger partial charge in [-0.1, -0.05) is 23.7 Å². The fraction of sp³-hybridized carbons (Fsp3) is 0.250. The van der Waals surface area contributed by atoms with Gasteiger partial charge in [0, 0.05) is 5.02 Å². The zero-order valence-corrected chi connectivity index (χ0v) is 8.15. The predicted octanol–water partition coefficient (Wildman–Crippen LogP) is 1.56. The Morgan fingerprint density at radius 3 is 2.83 bits per heavy atom. The van der Waals surface area contributed by atoms with Gasteiger partial charge in [-0.2, -0.15) is 0 Å².